The van der Waals surface area contributed by atoms with E-state index in [-0.39, 0.29) is 35.0 Å². The maximum Gasteiger partial charge on any atom is 0.573 e. The minimum atomic E-state index is -4.76. The van der Waals surface area contributed by atoms with Gasteiger partial charge < -0.3 is 9.47 Å². The van der Waals surface area contributed by atoms with Crippen molar-refractivity contribution in [1.29, 1.82) is 0 Å². The maximum atomic E-state index is 12.8. The maximum absolute atomic E-state index is 12.8. The highest BCUT2D eigenvalue weighted by atomic mass is 32.2. The van der Waals surface area contributed by atoms with Crippen LogP contribution in [0, 0.1) is 0 Å². The smallest absolute Gasteiger partial charge is 0.497 e. The average molecular weight is 657 g/mol. The first-order valence-corrected chi connectivity index (χ1v) is 14.9. The van der Waals surface area contributed by atoms with Crippen LogP contribution in [0.3, 0.4) is 0 Å². The third-order valence-electron chi connectivity index (χ3n) is 6.50. The topological polar surface area (TPSA) is 103 Å². The Morgan fingerprint density at radius 2 is 1.80 bits per heavy atom. The molecule has 234 valence electrons. The first kappa shape index (κ1) is 31.9. The fourth-order valence-corrected chi connectivity index (χ4v) is 5.45. The SMILES string of the molecule is COc1ccc(C(C)C)c(N2C(=O)CS/C2=N\C(=S)NOCc2ccc(-c3ncn(-c4ccc(OC(F)(F)F)cc4)n3)cc2)c1. The fourth-order valence-electron chi connectivity index (χ4n) is 4.38. The molecule has 0 aliphatic carbocycles. The number of hydrogen-bond acceptors (Lipinski definition) is 8. The molecule has 1 aromatic heterocycles. The van der Waals surface area contributed by atoms with Gasteiger partial charge in [-0.25, -0.2) is 15.1 Å². The number of thiocarbonyl (C=S) groups is 1. The molecule has 1 fully saturated rings. The molecule has 2 heterocycles. The monoisotopic (exact) mass is 656 g/mol. The van der Waals surface area contributed by atoms with Crippen molar-refractivity contribution in [3.8, 4) is 28.6 Å². The first-order valence-electron chi connectivity index (χ1n) is 13.5. The number of nitrogens with zero attached hydrogens (tertiary/aromatic N) is 5. The Labute approximate surface area is 266 Å². The number of hydroxylamine groups is 1. The molecule has 0 bridgehead atoms. The van der Waals surface area contributed by atoms with Gasteiger partial charge in [0.2, 0.25) is 11.0 Å². The quantitative estimate of drug-likeness (QED) is 0.162. The van der Waals surface area contributed by atoms with Crippen LogP contribution >= 0.6 is 24.0 Å². The summed E-state index contributed by atoms with van der Waals surface area (Å²) in [6, 6.07) is 18.2. The third-order valence-corrected chi connectivity index (χ3v) is 7.60. The summed E-state index contributed by atoms with van der Waals surface area (Å²) in [6.07, 6.45) is -3.29. The Morgan fingerprint density at radius 1 is 1.09 bits per heavy atom. The Morgan fingerprint density at radius 3 is 2.47 bits per heavy atom. The second-order valence-electron chi connectivity index (χ2n) is 9.94. The van der Waals surface area contributed by atoms with E-state index in [0.717, 1.165) is 16.7 Å². The Bertz CT molecular complexity index is 1710. The van der Waals surface area contributed by atoms with Gasteiger partial charge in [-0.3, -0.25) is 14.5 Å². The number of alkyl halides is 3. The van der Waals surface area contributed by atoms with Crippen molar-refractivity contribution in [3.63, 3.8) is 0 Å². The number of hydrogen-bond donors (Lipinski definition) is 1. The van der Waals surface area contributed by atoms with Crippen molar-refractivity contribution >= 4 is 45.9 Å². The molecule has 0 atom stereocenters. The third kappa shape index (κ3) is 7.98. The molecular weight excluding hydrogens is 629 g/mol. The molecule has 45 heavy (non-hydrogen) atoms. The molecule has 0 spiro atoms. The number of amidine groups is 1. The van der Waals surface area contributed by atoms with Crippen LogP contribution in [0.25, 0.3) is 17.1 Å². The summed E-state index contributed by atoms with van der Waals surface area (Å²) >= 11 is 6.65. The van der Waals surface area contributed by atoms with Gasteiger partial charge in [-0.05, 0) is 59.6 Å². The molecule has 1 saturated heterocycles. The normalized spacial score (nSPS) is 14.3. The largest absolute Gasteiger partial charge is 0.573 e. The van der Waals surface area contributed by atoms with Gasteiger partial charge in [0.15, 0.2) is 11.0 Å². The van der Waals surface area contributed by atoms with Crippen LogP contribution < -0.4 is 19.9 Å². The van der Waals surface area contributed by atoms with Crippen molar-refractivity contribution in [2.24, 2.45) is 4.99 Å². The van der Waals surface area contributed by atoms with E-state index in [1.54, 1.807) is 12.0 Å². The summed E-state index contributed by atoms with van der Waals surface area (Å²) < 4.78 is 47.9. The van der Waals surface area contributed by atoms with E-state index in [1.165, 1.54) is 47.0 Å². The lowest BCUT2D eigenvalue weighted by molar-refractivity contribution is -0.274. The fraction of sp³-hybridized carbons (Fsp3) is 0.233. The number of nitrogens with one attached hydrogen (secondary N) is 1. The number of aliphatic imine (C=N–C) groups is 1. The summed E-state index contributed by atoms with van der Waals surface area (Å²) in [6.45, 7) is 4.27. The molecular formula is C30H27F3N6O4S2. The number of methoxy groups -OCH3 is 1. The van der Waals surface area contributed by atoms with Crippen LogP contribution in [-0.2, 0) is 16.2 Å². The van der Waals surface area contributed by atoms with E-state index in [0.29, 0.717) is 28.1 Å². The summed E-state index contributed by atoms with van der Waals surface area (Å²) in [4.78, 5) is 28.7. The second kappa shape index (κ2) is 13.7. The van der Waals surface area contributed by atoms with Crippen molar-refractivity contribution in [3.05, 3.63) is 84.2 Å². The molecule has 3 aromatic carbocycles. The number of carbonyl (C=O) groups excluding carboxylic acids is 1. The number of aromatic nitrogens is 3. The Hall–Kier alpha value is -4.47. The number of amides is 1. The number of anilines is 1. The van der Waals surface area contributed by atoms with Crippen LogP contribution in [0.5, 0.6) is 11.5 Å². The van der Waals surface area contributed by atoms with E-state index in [2.05, 4.69) is 25.3 Å². The van der Waals surface area contributed by atoms with Crippen molar-refractivity contribution < 1.29 is 32.3 Å². The highest BCUT2D eigenvalue weighted by Gasteiger charge is 2.33. The lowest BCUT2D eigenvalue weighted by atomic mass is 10.00. The van der Waals surface area contributed by atoms with Gasteiger partial charge in [-0.15, -0.1) is 18.3 Å². The van der Waals surface area contributed by atoms with E-state index in [4.69, 9.17) is 21.8 Å². The predicted molar refractivity (Wildman–Crippen MR) is 168 cm³/mol. The van der Waals surface area contributed by atoms with Gasteiger partial charge in [-0.1, -0.05) is 55.9 Å². The van der Waals surface area contributed by atoms with Gasteiger partial charge in [-0.2, -0.15) is 4.99 Å². The highest BCUT2D eigenvalue weighted by molar-refractivity contribution is 8.15. The van der Waals surface area contributed by atoms with E-state index < -0.39 is 6.36 Å². The van der Waals surface area contributed by atoms with Crippen molar-refractivity contribution in [2.75, 3.05) is 17.8 Å². The second-order valence-corrected chi connectivity index (χ2v) is 11.3. The molecule has 1 amide bonds. The predicted octanol–water partition coefficient (Wildman–Crippen LogP) is 6.41. The van der Waals surface area contributed by atoms with Crippen molar-refractivity contribution in [1.82, 2.24) is 20.2 Å². The van der Waals surface area contributed by atoms with E-state index >= 15 is 0 Å². The highest BCUT2D eigenvalue weighted by Crippen LogP contribution is 2.36. The average Bonchev–Trinajstić information content (AvgIpc) is 3.64. The molecule has 4 aromatic rings. The first-order chi connectivity index (χ1) is 21.5. The van der Waals surface area contributed by atoms with Gasteiger partial charge in [0, 0.05) is 11.6 Å². The number of ether oxygens (including phenoxy) is 2. The zero-order chi connectivity index (χ0) is 32.1. The summed E-state index contributed by atoms with van der Waals surface area (Å²) in [5, 5.41) is 4.91. The van der Waals surface area contributed by atoms with Gasteiger partial charge >= 0.3 is 6.36 Å². The molecule has 5 rings (SSSR count). The molecule has 1 N–H and O–H groups in total. The van der Waals surface area contributed by atoms with Crippen molar-refractivity contribution in [2.45, 2.75) is 32.7 Å². The molecule has 0 radical (unpaired) electrons. The Balaban J connectivity index is 1.18. The lowest BCUT2D eigenvalue weighted by Crippen LogP contribution is -2.32. The number of thioether (sulfide) groups is 1. The van der Waals surface area contributed by atoms with Crippen LogP contribution in [-0.4, -0.2) is 50.2 Å². The van der Waals surface area contributed by atoms with Gasteiger partial charge in [0.05, 0.1) is 30.8 Å². The summed E-state index contributed by atoms with van der Waals surface area (Å²) in [5.74, 6) is 1.03. The molecule has 0 unspecified atom stereocenters. The van der Waals surface area contributed by atoms with E-state index in [9.17, 15) is 18.0 Å². The number of carbonyl (C=O) groups is 1. The molecule has 10 nitrogen and oxygen atoms in total. The zero-order valence-corrected chi connectivity index (χ0v) is 25.9. The van der Waals surface area contributed by atoms with Crippen LogP contribution in [0.4, 0.5) is 18.9 Å². The Kier molecular flexibility index (Phi) is 9.70. The summed E-state index contributed by atoms with van der Waals surface area (Å²) in [5.41, 5.74) is 6.41. The standard InChI is InChI=1S/C30H27F3N6O4S2/c1-18(2)24-13-12-23(41-3)14-25(24)39-26(40)16-45-29(39)35-28(44)37-42-15-19-4-6-20(7-5-19)27-34-17-38(36-27)21-8-10-22(11-9-21)43-30(31,32)33/h4-14,17-18H,15-16H2,1-3H3,(H,37,44)/b35-29-. The van der Waals surface area contributed by atoms with Crippen LogP contribution in [0.2, 0.25) is 0 Å². The number of benzene rings is 3. The van der Waals surface area contributed by atoms with Crippen LogP contribution in [0.15, 0.2) is 78.0 Å². The van der Waals surface area contributed by atoms with Crippen LogP contribution in [0.1, 0.15) is 30.9 Å². The van der Waals surface area contributed by atoms with Gasteiger partial charge in [0.25, 0.3) is 0 Å². The molecule has 0 saturated carbocycles. The zero-order valence-electron chi connectivity index (χ0n) is 24.2. The molecule has 1 aliphatic rings. The van der Waals surface area contributed by atoms with E-state index in [1.807, 2.05) is 56.3 Å². The lowest BCUT2D eigenvalue weighted by Gasteiger charge is -2.22. The minimum absolute atomic E-state index is 0.0653. The molecule has 1 aliphatic heterocycles. The number of rotatable bonds is 9. The molecule has 15 heteroatoms. The minimum Gasteiger partial charge on any atom is -0.497 e. The van der Waals surface area contributed by atoms with Gasteiger partial charge in [0.1, 0.15) is 17.8 Å². The number of halogens is 3. The summed E-state index contributed by atoms with van der Waals surface area (Å²) in [7, 11) is 1.57.